The van der Waals surface area contributed by atoms with Gasteiger partial charge in [0.1, 0.15) is 12.7 Å². The summed E-state index contributed by atoms with van der Waals surface area (Å²) in [5, 5.41) is 0. The molecule has 1 saturated heterocycles. The molecular formula is C21H26O10S. The molecule has 0 bridgehead atoms. The van der Waals surface area contributed by atoms with Crippen molar-refractivity contribution in [2.45, 2.75) is 63.3 Å². The van der Waals surface area contributed by atoms with Gasteiger partial charge in [0.2, 0.25) is 0 Å². The van der Waals surface area contributed by atoms with Crippen LogP contribution in [0.25, 0.3) is 0 Å². The van der Waals surface area contributed by atoms with Crippen molar-refractivity contribution in [1.82, 2.24) is 0 Å². The molecule has 11 heteroatoms. The molecule has 10 nitrogen and oxygen atoms in total. The fraction of sp³-hybridized carbons (Fsp3) is 0.524. The number of esters is 4. The van der Waals surface area contributed by atoms with Crippen molar-refractivity contribution < 1.29 is 47.1 Å². The topological polar surface area (TPSA) is 132 Å². The van der Waals surface area contributed by atoms with Gasteiger partial charge in [-0.05, 0) is 5.56 Å². The highest BCUT2D eigenvalue weighted by molar-refractivity contribution is 7.84. The van der Waals surface area contributed by atoms with Crippen molar-refractivity contribution in [3.8, 4) is 0 Å². The third-order valence-corrected chi connectivity index (χ3v) is 5.87. The maximum atomic E-state index is 13.2. The summed E-state index contributed by atoms with van der Waals surface area (Å²) in [6.45, 7) is 4.21. The highest BCUT2D eigenvalue weighted by Gasteiger charge is 2.53. The van der Waals surface area contributed by atoms with Crippen molar-refractivity contribution in [1.29, 1.82) is 0 Å². The van der Waals surface area contributed by atoms with E-state index in [4.69, 9.17) is 23.7 Å². The standard InChI is InChI=1S/C21H26O10S/c1-12(22)27-10-17-18(28-13(2)23)19(29-14(3)24)20(30-15(4)25)21(31-17)32(26)11-16-8-6-5-7-9-16/h5-9,17-21H,10-11H2,1-4H3/t17-,18-,19+,20+,21-,32-/m1/s1. The summed E-state index contributed by atoms with van der Waals surface area (Å²) >= 11 is 0. The van der Waals surface area contributed by atoms with Crippen molar-refractivity contribution in [2.75, 3.05) is 6.61 Å². The van der Waals surface area contributed by atoms with Crippen LogP contribution in [0.1, 0.15) is 33.3 Å². The van der Waals surface area contributed by atoms with Crippen molar-refractivity contribution >= 4 is 34.7 Å². The van der Waals surface area contributed by atoms with Gasteiger partial charge in [-0.15, -0.1) is 0 Å². The second kappa shape index (κ2) is 11.7. The van der Waals surface area contributed by atoms with Gasteiger partial charge in [-0.25, -0.2) is 0 Å². The first-order chi connectivity index (χ1) is 15.1. The number of benzene rings is 1. The molecule has 1 aromatic carbocycles. The Balaban J connectivity index is 2.44. The minimum atomic E-state index is -1.77. The van der Waals surface area contributed by atoms with Gasteiger partial charge in [0.05, 0.1) is 16.6 Å². The van der Waals surface area contributed by atoms with Gasteiger partial charge < -0.3 is 23.7 Å². The molecule has 0 radical (unpaired) electrons. The molecule has 0 aromatic heterocycles. The van der Waals surface area contributed by atoms with E-state index < -0.39 is 64.5 Å². The Morgan fingerprint density at radius 3 is 1.88 bits per heavy atom. The van der Waals surface area contributed by atoms with E-state index in [0.29, 0.717) is 0 Å². The average Bonchev–Trinajstić information content (AvgIpc) is 2.69. The zero-order valence-electron chi connectivity index (χ0n) is 18.2. The third kappa shape index (κ3) is 7.41. The van der Waals surface area contributed by atoms with Crippen molar-refractivity contribution in [2.24, 2.45) is 0 Å². The van der Waals surface area contributed by atoms with Crippen LogP contribution in [0.4, 0.5) is 0 Å². The van der Waals surface area contributed by atoms with Crippen LogP contribution in [0.15, 0.2) is 30.3 Å². The van der Waals surface area contributed by atoms with Gasteiger partial charge in [0.25, 0.3) is 0 Å². The zero-order chi connectivity index (χ0) is 23.8. The Kier molecular flexibility index (Phi) is 9.33. The summed E-state index contributed by atoms with van der Waals surface area (Å²) in [5.41, 5.74) is -0.519. The minimum absolute atomic E-state index is 0.0502. The van der Waals surface area contributed by atoms with Crippen LogP contribution in [0.2, 0.25) is 0 Å². The lowest BCUT2D eigenvalue weighted by molar-refractivity contribution is -0.238. The largest absolute Gasteiger partial charge is 0.463 e. The monoisotopic (exact) mass is 470 g/mol. The molecule has 1 fully saturated rings. The Morgan fingerprint density at radius 2 is 1.34 bits per heavy atom. The Labute approximate surface area is 187 Å². The smallest absolute Gasteiger partial charge is 0.303 e. The quantitative estimate of drug-likeness (QED) is 0.401. The fourth-order valence-electron chi connectivity index (χ4n) is 3.22. The average molecular weight is 470 g/mol. The molecule has 32 heavy (non-hydrogen) atoms. The van der Waals surface area contributed by atoms with E-state index in [1.54, 1.807) is 30.3 Å². The molecule has 1 heterocycles. The lowest BCUT2D eigenvalue weighted by atomic mass is 9.99. The fourth-order valence-corrected chi connectivity index (χ4v) is 4.68. The Hall–Kier alpha value is -2.79. The van der Waals surface area contributed by atoms with Crippen LogP contribution in [0.3, 0.4) is 0 Å². The molecule has 0 amide bonds. The van der Waals surface area contributed by atoms with Gasteiger partial charge >= 0.3 is 23.9 Å². The molecule has 1 aromatic rings. The molecule has 0 spiro atoms. The lowest BCUT2D eigenvalue weighted by Gasteiger charge is -2.44. The number of hydrogen-bond acceptors (Lipinski definition) is 10. The molecule has 0 aliphatic carbocycles. The molecule has 6 atom stereocenters. The number of carbonyl (C=O) groups is 4. The highest BCUT2D eigenvalue weighted by atomic mass is 32.2. The van der Waals surface area contributed by atoms with Crippen LogP contribution in [0.5, 0.6) is 0 Å². The first-order valence-electron chi connectivity index (χ1n) is 9.80. The summed E-state index contributed by atoms with van der Waals surface area (Å²) in [7, 11) is -1.77. The number of carbonyl (C=O) groups excluding carboxylic acids is 4. The third-order valence-electron chi connectivity index (χ3n) is 4.36. The molecule has 1 aliphatic rings. The van der Waals surface area contributed by atoms with Crippen LogP contribution >= 0.6 is 0 Å². The first-order valence-corrected chi connectivity index (χ1v) is 11.2. The Morgan fingerprint density at radius 1 is 0.812 bits per heavy atom. The SMILES string of the molecule is CC(=O)OC[C@H]1O[C@H]([S@](=O)Cc2ccccc2)[C@@H](OC(C)=O)[C@@H](OC(C)=O)[C@@H]1OC(C)=O. The maximum Gasteiger partial charge on any atom is 0.303 e. The molecular weight excluding hydrogens is 444 g/mol. The maximum absolute atomic E-state index is 13.2. The number of hydrogen-bond donors (Lipinski definition) is 0. The van der Waals surface area contributed by atoms with E-state index in [2.05, 4.69) is 0 Å². The second-order valence-corrected chi connectivity index (χ2v) is 8.59. The van der Waals surface area contributed by atoms with Crippen LogP contribution in [0, 0.1) is 0 Å². The lowest BCUT2D eigenvalue weighted by Crippen LogP contribution is -2.63. The van der Waals surface area contributed by atoms with Crippen molar-refractivity contribution in [3.63, 3.8) is 0 Å². The van der Waals surface area contributed by atoms with E-state index >= 15 is 0 Å². The number of ether oxygens (including phenoxy) is 5. The summed E-state index contributed by atoms with van der Waals surface area (Å²) in [6, 6.07) is 8.90. The predicted octanol–water partition coefficient (Wildman–Crippen LogP) is 1.02. The van der Waals surface area contributed by atoms with E-state index in [9.17, 15) is 23.4 Å². The van der Waals surface area contributed by atoms with Crippen molar-refractivity contribution in [3.05, 3.63) is 35.9 Å². The molecule has 2 rings (SSSR count). The van der Waals surface area contributed by atoms with E-state index in [1.807, 2.05) is 0 Å². The summed E-state index contributed by atoms with van der Waals surface area (Å²) in [4.78, 5) is 46.7. The van der Waals surface area contributed by atoms with Gasteiger partial charge in [-0.3, -0.25) is 23.4 Å². The van der Waals surface area contributed by atoms with Gasteiger partial charge in [-0.2, -0.15) is 0 Å². The van der Waals surface area contributed by atoms with Crippen LogP contribution in [-0.4, -0.2) is 64.5 Å². The van der Waals surface area contributed by atoms with E-state index in [-0.39, 0.29) is 12.4 Å². The second-order valence-electron chi connectivity index (χ2n) is 7.08. The normalized spacial score (nSPS) is 25.8. The summed E-state index contributed by atoms with van der Waals surface area (Å²) in [5.74, 6) is -2.78. The molecule has 0 N–H and O–H groups in total. The van der Waals surface area contributed by atoms with Gasteiger partial charge in [-0.1, -0.05) is 30.3 Å². The van der Waals surface area contributed by atoms with Crippen LogP contribution in [-0.2, 0) is 59.4 Å². The number of rotatable bonds is 8. The summed E-state index contributed by atoms with van der Waals surface area (Å²) in [6.07, 6.45) is -5.06. The minimum Gasteiger partial charge on any atom is -0.463 e. The van der Waals surface area contributed by atoms with Gasteiger partial charge in [0.15, 0.2) is 23.7 Å². The highest BCUT2D eigenvalue weighted by Crippen LogP contribution is 2.31. The molecule has 0 saturated carbocycles. The molecule has 0 unspecified atom stereocenters. The predicted molar refractivity (Wildman–Crippen MR) is 110 cm³/mol. The first kappa shape index (κ1) is 25.5. The van der Waals surface area contributed by atoms with E-state index in [1.165, 1.54) is 6.92 Å². The zero-order valence-corrected chi connectivity index (χ0v) is 19.0. The van der Waals surface area contributed by atoms with E-state index in [0.717, 1.165) is 26.3 Å². The Bertz CT molecular complexity index is 855. The summed E-state index contributed by atoms with van der Waals surface area (Å²) < 4.78 is 40.1. The molecule has 176 valence electrons. The van der Waals surface area contributed by atoms with Gasteiger partial charge in [0, 0.05) is 27.7 Å². The van der Waals surface area contributed by atoms with Crippen LogP contribution < -0.4 is 0 Å². The molecule has 1 aliphatic heterocycles.